The van der Waals surface area contributed by atoms with Gasteiger partial charge in [0.2, 0.25) is 5.91 Å². The maximum absolute atomic E-state index is 12.5. The number of nitrogens with zero attached hydrogens (tertiary/aromatic N) is 1. The molecule has 3 amide bonds. The maximum atomic E-state index is 12.5. The van der Waals surface area contributed by atoms with Gasteiger partial charge in [-0.25, -0.2) is 10.3 Å². The number of hydrogen-bond donors (Lipinski definition) is 2. The summed E-state index contributed by atoms with van der Waals surface area (Å²) in [6, 6.07) is 12.1. The summed E-state index contributed by atoms with van der Waals surface area (Å²) in [6.07, 6.45) is -0.0853. The lowest BCUT2D eigenvalue weighted by Crippen LogP contribution is -2.48. The van der Waals surface area contributed by atoms with Gasteiger partial charge in [-0.15, -0.1) is 0 Å². The number of amides is 3. The van der Waals surface area contributed by atoms with E-state index in [2.05, 4.69) is 10.9 Å². The Morgan fingerprint density at radius 1 is 1.04 bits per heavy atom. The molecule has 0 saturated carbocycles. The average molecular weight is 378 g/mol. The Labute approximate surface area is 153 Å². The number of halogens is 2. The molecule has 1 aliphatic rings. The molecule has 1 unspecified atom stereocenters. The first kappa shape index (κ1) is 17.4. The predicted molar refractivity (Wildman–Crippen MR) is 94.4 cm³/mol. The minimum atomic E-state index is -0.863. The zero-order chi connectivity index (χ0) is 18.0. The molecule has 1 fully saturated rings. The lowest BCUT2D eigenvalue weighted by atomic mass is 10.2. The third-order valence-corrected chi connectivity index (χ3v) is 4.08. The van der Waals surface area contributed by atoms with Crippen LogP contribution in [0.25, 0.3) is 0 Å². The molecule has 2 aromatic carbocycles. The van der Waals surface area contributed by atoms with Crippen LogP contribution < -0.4 is 15.8 Å². The van der Waals surface area contributed by atoms with Crippen molar-refractivity contribution < 1.29 is 14.4 Å². The summed E-state index contributed by atoms with van der Waals surface area (Å²) in [5, 5.41) is 0.633. The highest BCUT2D eigenvalue weighted by molar-refractivity contribution is 6.35. The molecule has 0 spiro atoms. The first-order valence-corrected chi connectivity index (χ1v) is 8.15. The summed E-state index contributed by atoms with van der Waals surface area (Å²) < 4.78 is 0. The second-order valence-electron chi connectivity index (χ2n) is 5.42. The van der Waals surface area contributed by atoms with Crippen LogP contribution in [0.2, 0.25) is 10.0 Å². The highest BCUT2D eigenvalue weighted by Crippen LogP contribution is 2.29. The van der Waals surface area contributed by atoms with E-state index in [1.165, 1.54) is 18.2 Å². The zero-order valence-electron chi connectivity index (χ0n) is 12.8. The quantitative estimate of drug-likeness (QED) is 0.633. The molecule has 3 rings (SSSR count). The van der Waals surface area contributed by atoms with Crippen LogP contribution in [0.1, 0.15) is 16.8 Å². The van der Waals surface area contributed by atoms with E-state index in [-0.39, 0.29) is 6.42 Å². The molecular formula is C17H13Cl2N3O3. The highest BCUT2D eigenvalue weighted by atomic mass is 35.5. The van der Waals surface area contributed by atoms with Crippen molar-refractivity contribution in [1.82, 2.24) is 10.9 Å². The zero-order valence-corrected chi connectivity index (χ0v) is 14.3. The van der Waals surface area contributed by atoms with Crippen molar-refractivity contribution in [3.63, 3.8) is 0 Å². The summed E-state index contributed by atoms with van der Waals surface area (Å²) in [5.74, 6) is -1.29. The van der Waals surface area contributed by atoms with Gasteiger partial charge in [-0.3, -0.25) is 19.8 Å². The standard InChI is InChI=1S/C17H13Cl2N3O3/c18-11-6-12(19)8-13(7-11)22-15(23)9-14(17(22)25)20-21-16(24)10-4-2-1-3-5-10/h1-8,14,20H,9H2,(H,21,24). The summed E-state index contributed by atoms with van der Waals surface area (Å²) in [7, 11) is 0. The van der Waals surface area contributed by atoms with Gasteiger partial charge in [0.25, 0.3) is 11.8 Å². The number of rotatable bonds is 4. The number of hydrazine groups is 1. The van der Waals surface area contributed by atoms with Crippen LogP contribution in [0.3, 0.4) is 0 Å². The van der Waals surface area contributed by atoms with Crippen LogP contribution in [0, 0.1) is 0 Å². The first-order valence-electron chi connectivity index (χ1n) is 7.39. The van der Waals surface area contributed by atoms with Crippen molar-refractivity contribution in [2.45, 2.75) is 12.5 Å². The molecule has 2 N–H and O–H groups in total. The smallest absolute Gasteiger partial charge is 0.265 e. The highest BCUT2D eigenvalue weighted by Gasteiger charge is 2.40. The van der Waals surface area contributed by atoms with E-state index >= 15 is 0 Å². The molecule has 8 heteroatoms. The molecule has 1 saturated heterocycles. The van der Waals surface area contributed by atoms with Crippen molar-refractivity contribution in [2.75, 3.05) is 4.90 Å². The van der Waals surface area contributed by atoms with Gasteiger partial charge in [0.15, 0.2) is 0 Å². The molecule has 2 aromatic rings. The van der Waals surface area contributed by atoms with Crippen LogP contribution in [0.15, 0.2) is 48.5 Å². The Bertz CT molecular complexity index is 822. The Balaban J connectivity index is 1.70. The van der Waals surface area contributed by atoms with Crippen molar-refractivity contribution in [3.05, 3.63) is 64.1 Å². The normalized spacial score (nSPS) is 17.0. The Hall–Kier alpha value is -2.41. The van der Waals surface area contributed by atoms with Crippen LogP contribution in [-0.4, -0.2) is 23.8 Å². The maximum Gasteiger partial charge on any atom is 0.265 e. The SMILES string of the molecule is O=C(NNC1CC(=O)N(c2cc(Cl)cc(Cl)c2)C1=O)c1ccccc1. The Morgan fingerprint density at radius 3 is 2.32 bits per heavy atom. The number of hydrogen-bond acceptors (Lipinski definition) is 4. The van der Waals surface area contributed by atoms with E-state index in [1.807, 2.05) is 0 Å². The predicted octanol–water partition coefficient (Wildman–Crippen LogP) is 2.56. The van der Waals surface area contributed by atoms with E-state index in [0.717, 1.165) is 4.90 Å². The summed E-state index contributed by atoms with van der Waals surface area (Å²) in [5.41, 5.74) is 5.79. The lowest BCUT2D eigenvalue weighted by Gasteiger charge is -2.16. The van der Waals surface area contributed by atoms with Gasteiger partial charge in [0, 0.05) is 15.6 Å². The molecule has 1 atom stereocenters. The average Bonchev–Trinajstić information content (AvgIpc) is 2.86. The third-order valence-electron chi connectivity index (χ3n) is 3.65. The van der Waals surface area contributed by atoms with E-state index in [1.54, 1.807) is 30.3 Å². The van der Waals surface area contributed by atoms with E-state index < -0.39 is 23.8 Å². The molecule has 0 bridgehead atoms. The Kier molecular flexibility index (Phi) is 5.03. The van der Waals surface area contributed by atoms with Gasteiger partial charge in [-0.1, -0.05) is 41.4 Å². The number of carbonyl (C=O) groups is 3. The second-order valence-corrected chi connectivity index (χ2v) is 6.29. The molecule has 1 aliphatic heterocycles. The lowest BCUT2D eigenvalue weighted by molar-refractivity contribution is -0.121. The van der Waals surface area contributed by atoms with Gasteiger partial charge in [-0.05, 0) is 30.3 Å². The van der Waals surface area contributed by atoms with Crippen LogP contribution in [0.4, 0.5) is 5.69 Å². The third kappa shape index (κ3) is 3.82. The van der Waals surface area contributed by atoms with E-state index in [4.69, 9.17) is 23.2 Å². The van der Waals surface area contributed by atoms with Gasteiger partial charge in [0.1, 0.15) is 6.04 Å². The van der Waals surface area contributed by atoms with Gasteiger partial charge < -0.3 is 0 Å². The van der Waals surface area contributed by atoms with Crippen LogP contribution in [0.5, 0.6) is 0 Å². The molecule has 128 valence electrons. The monoisotopic (exact) mass is 377 g/mol. The second kappa shape index (κ2) is 7.23. The van der Waals surface area contributed by atoms with Crippen LogP contribution in [-0.2, 0) is 9.59 Å². The number of benzene rings is 2. The fourth-order valence-corrected chi connectivity index (χ4v) is 3.01. The van der Waals surface area contributed by atoms with Gasteiger partial charge in [0.05, 0.1) is 12.1 Å². The van der Waals surface area contributed by atoms with Gasteiger partial charge in [-0.2, -0.15) is 0 Å². The van der Waals surface area contributed by atoms with E-state index in [9.17, 15) is 14.4 Å². The number of nitrogens with one attached hydrogen (secondary N) is 2. The number of imide groups is 1. The van der Waals surface area contributed by atoms with Crippen LogP contribution >= 0.6 is 23.2 Å². The number of anilines is 1. The fourth-order valence-electron chi connectivity index (χ4n) is 2.50. The summed E-state index contributed by atoms with van der Waals surface area (Å²) in [6.45, 7) is 0. The van der Waals surface area contributed by atoms with Crippen molar-refractivity contribution in [1.29, 1.82) is 0 Å². The molecule has 6 nitrogen and oxygen atoms in total. The largest absolute Gasteiger partial charge is 0.287 e. The molecular weight excluding hydrogens is 365 g/mol. The summed E-state index contributed by atoms with van der Waals surface area (Å²) >= 11 is 11.8. The minimum absolute atomic E-state index is 0.0853. The molecule has 0 radical (unpaired) electrons. The van der Waals surface area contributed by atoms with E-state index in [0.29, 0.717) is 21.3 Å². The summed E-state index contributed by atoms with van der Waals surface area (Å²) in [4.78, 5) is 37.7. The van der Waals surface area contributed by atoms with Crippen molar-refractivity contribution in [3.8, 4) is 0 Å². The van der Waals surface area contributed by atoms with Crippen molar-refractivity contribution >= 4 is 46.6 Å². The van der Waals surface area contributed by atoms with Gasteiger partial charge >= 0.3 is 0 Å². The minimum Gasteiger partial charge on any atom is -0.287 e. The molecule has 0 aliphatic carbocycles. The molecule has 25 heavy (non-hydrogen) atoms. The number of carbonyl (C=O) groups excluding carboxylic acids is 3. The molecule has 1 heterocycles. The fraction of sp³-hybridized carbons (Fsp3) is 0.118. The first-order chi connectivity index (χ1) is 12.0. The Morgan fingerprint density at radius 2 is 1.68 bits per heavy atom. The molecule has 0 aromatic heterocycles. The van der Waals surface area contributed by atoms with Crippen molar-refractivity contribution in [2.24, 2.45) is 0 Å². The topological polar surface area (TPSA) is 78.5 Å².